The first-order valence-corrected chi connectivity index (χ1v) is 5.55. The number of piperidine rings is 1. The van der Waals surface area contributed by atoms with Gasteiger partial charge in [0.2, 0.25) is 5.91 Å². The zero-order valence-electron chi connectivity index (χ0n) is 8.85. The Bertz CT molecular complexity index is 452. The van der Waals surface area contributed by atoms with Gasteiger partial charge in [-0.15, -0.1) is 0 Å². The molecule has 2 aliphatic rings. The third kappa shape index (κ3) is 1.19. The molecule has 1 fully saturated rings. The Balaban J connectivity index is 2.11. The third-order valence-corrected chi connectivity index (χ3v) is 3.64. The maximum atomic E-state index is 13.1. The van der Waals surface area contributed by atoms with E-state index in [-0.39, 0.29) is 11.7 Å². The standard InChI is InChI=1S/C12H13FN2O/c13-8-1-2-9-10(7-8)15-11(16)12(9)3-5-14-6-4-12/h1-2,7,14H,3-6H2,(H,15,16). The highest BCUT2D eigenvalue weighted by molar-refractivity contribution is 6.06. The Morgan fingerprint density at radius 2 is 2.00 bits per heavy atom. The van der Waals surface area contributed by atoms with E-state index in [4.69, 9.17) is 0 Å². The van der Waals surface area contributed by atoms with E-state index in [1.807, 2.05) is 0 Å². The van der Waals surface area contributed by atoms with Crippen LogP contribution in [-0.4, -0.2) is 19.0 Å². The second-order valence-electron chi connectivity index (χ2n) is 4.48. The summed E-state index contributed by atoms with van der Waals surface area (Å²) in [7, 11) is 0. The fourth-order valence-corrected chi connectivity index (χ4v) is 2.75. The Labute approximate surface area is 93.0 Å². The molecule has 3 rings (SSSR count). The summed E-state index contributed by atoms with van der Waals surface area (Å²) < 4.78 is 13.1. The van der Waals surface area contributed by atoms with Gasteiger partial charge in [0, 0.05) is 5.69 Å². The first kappa shape index (κ1) is 9.78. The second-order valence-corrected chi connectivity index (χ2v) is 4.48. The molecular formula is C12H13FN2O. The van der Waals surface area contributed by atoms with E-state index in [1.165, 1.54) is 12.1 Å². The van der Waals surface area contributed by atoms with Crippen molar-refractivity contribution in [2.45, 2.75) is 18.3 Å². The molecule has 2 aliphatic heterocycles. The van der Waals surface area contributed by atoms with Crippen LogP contribution in [-0.2, 0) is 10.2 Å². The molecule has 0 radical (unpaired) electrons. The molecule has 0 unspecified atom stereocenters. The molecular weight excluding hydrogens is 207 g/mol. The number of nitrogens with one attached hydrogen (secondary N) is 2. The summed E-state index contributed by atoms with van der Waals surface area (Å²) in [5.41, 5.74) is 1.18. The zero-order valence-corrected chi connectivity index (χ0v) is 8.85. The summed E-state index contributed by atoms with van der Waals surface area (Å²) in [6.45, 7) is 1.68. The Morgan fingerprint density at radius 1 is 1.25 bits per heavy atom. The predicted molar refractivity (Wildman–Crippen MR) is 58.8 cm³/mol. The molecule has 0 aliphatic carbocycles. The molecule has 1 spiro atoms. The number of hydrogen-bond donors (Lipinski definition) is 2. The fourth-order valence-electron chi connectivity index (χ4n) is 2.75. The molecule has 0 bridgehead atoms. The lowest BCUT2D eigenvalue weighted by molar-refractivity contribution is -0.121. The molecule has 1 aromatic carbocycles. The number of amides is 1. The highest BCUT2D eigenvalue weighted by Gasteiger charge is 2.47. The molecule has 16 heavy (non-hydrogen) atoms. The third-order valence-electron chi connectivity index (χ3n) is 3.64. The smallest absolute Gasteiger partial charge is 0.235 e. The molecule has 0 saturated carbocycles. The molecule has 1 amide bonds. The van der Waals surface area contributed by atoms with Gasteiger partial charge >= 0.3 is 0 Å². The van der Waals surface area contributed by atoms with Gasteiger partial charge in [-0.1, -0.05) is 6.07 Å². The maximum absolute atomic E-state index is 13.1. The van der Waals surface area contributed by atoms with Gasteiger partial charge in [-0.3, -0.25) is 4.79 Å². The molecule has 1 saturated heterocycles. The van der Waals surface area contributed by atoms with Crippen LogP contribution in [0.15, 0.2) is 18.2 Å². The maximum Gasteiger partial charge on any atom is 0.235 e. The minimum absolute atomic E-state index is 0.0228. The van der Waals surface area contributed by atoms with Crippen molar-refractivity contribution in [1.29, 1.82) is 0 Å². The van der Waals surface area contributed by atoms with E-state index in [2.05, 4.69) is 10.6 Å². The number of benzene rings is 1. The van der Waals surface area contributed by atoms with Crippen LogP contribution in [0.4, 0.5) is 10.1 Å². The highest BCUT2D eigenvalue weighted by atomic mass is 19.1. The summed E-state index contributed by atoms with van der Waals surface area (Å²) >= 11 is 0. The highest BCUT2D eigenvalue weighted by Crippen LogP contribution is 2.43. The molecule has 2 heterocycles. The van der Waals surface area contributed by atoms with E-state index in [0.717, 1.165) is 31.5 Å². The molecule has 0 atom stereocenters. The van der Waals surface area contributed by atoms with E-state index in [9.17, 15) is 9.18 Å². The van der Waals surface area contributed by atoms with Crippen LogP contribution >= 0.6 is 0 Å². The van der Waals surface area contributed by atoms with E-state index in [0.29, 0.717) is 5.69 Å². The number of anilines is 1. The topological polar surface area (TPSA) is 41.1 Å². The van der Waals surface area contributed by atoms with Crippen molar-refractivity contribution < 1.29 is 9.18 Å². The Morgan fingerprint density at radius 3 is 2.75 bits per heavy atom. The van der Waals surface area contributed by atoms with Gasteiger partial charge in [0.1, 0.15) is 5.82 Å². The quantitative estimate of drug-likeness (QED) is 0.694. The van der Waals surface area contributed by atoms with Crippen molar-refractivity contribution in [3.05, 3.63) is 29.6 Å². The number of carbonyl (C=O) groups is 1. The Kier molecular flexibility index (Phi) is 2.01. The monoisotopic (exact) mass is 220 g/mol. The van der Waals surface area contributed by atoms with Crippen molar-refractivity contribution in [3.8, 4) is 0 Å². The minimum atomic E-state index is -0.422. The Hall–Kier alpha value is -1.42. The summed E-state index contributed by atoms with van der Waals surface area (Å²) in [4.78, 5) is 12.1. The second kappa shape index (κ2) is 3.28. The number of fused-ring (bicyclic) bond motifs is 2. The lowest BCUT2D eigenvalue weighted by Gasteiger charge is -2.31. The van der Waals surface area contributed by atoms with E-state index < -0.39 is 5.41 Å². The van der Waals surface area contributed by atoms with Crippen LogP contribution in [0.3, 0.4) is 0 Å². The van der Waals surface area contributed by atoms with Crippen LogP contribution < -0.4 is 10.6 Å². The first-order chi connectivity index (χ1) is 7.72. The SMILES string of the molecule is O=C1Nc2cc(F)ccc2C12CCNCC2. The van der Waals surface area contributed by atoms with E-state index in [1.54, 1.807) is 6.07 Å². The van der Waals surface area contributed by atoms with Gasteiger partial charge in [0.15, 0.2) is 0 Å². The predicted octanol–water partition coefficient (Wildman–Crippen LogP) is 1.40. The number of halogens is 1. The first-order valence-electron chi connectivity index (χ1n) is 5.55. The van der Waals surface area contributed by atoms with Crippen molar-refractivity contribution in [2.75, 3.05) is 18.4 Å². The van der Waals surface area contributed by atoms with Crippen LogP contribution in [0.2, 0.25) is 0 Å². The number of rotatable bonds is 0. The van der Waals surface area contributed by atoms with Gasteiger partial charge in [-0.2, -0.15) is 0 Å². The van der Waals surface area contributed by atoms with Crippen molar-refractivity contribution in [3.63, 3.8) is 0 Å². The van der Waals surface area contributed by atoms with Crippen molar-refractivity contribution >= 4 is 11.6 Å². The van der Waals surface area contributed by atoms with Crippen LogP contribution in [0, 0.1) is 5.82 Å². The summed E-state index contributed by atoms with van der Waals surface area (Å²) in [6.07, 6.45) is 1.58. The molecule has 1 aromatic rings. The fraction of sp³-hybridized carbons (Fsp3) is 0.417. The lowest BCUT2D eigenvalue weighted by atomic mass is 9.74. The summed E-state index contributed by atoms with van der Waals surface area (Å²) in [6, 6.07) is 4.58. The average Bonchev–Trinajstić information content (AvgIpc) is 2.53. The van der Waals surface area contributed by atoms with Crippen LogP contribution in [0.25, 0.3) is 0 Å². The van der Waals surface area contributed by atoms with E-state index >= 15 is 0 Å². The number of hydrogen-bond acceptors (Lipinski definition) is 2. The lowest BCUT2D eigenvalue weighted by Crippen LogP contribution is -2.44. The molecule has 4 heteroatoms. The van der Waals surface area contributed by atoms with Gasteiger partial charge in [-0.25, -0.2) is 4.39 Å². The van der Waals surface area contributed by atoms with Crippen molar-refractivity contribution in [1.82, 2.24) is 5.32 Å². The van der Waals surface area contributed by atoms with Crippen molar-refractivity contribution in [2.24, 2.45) is 0 Å². The normalized spacial score (nSPS) is 21.9. The van der Waals surface area contributed by atoms with Gasteiger partial charge in [0.25, 0.3) is 0 Å². The largest absolute Gasteiger partial charge is 0.325 e. The minimum Gasteiger partial charge on any atom is -0.325 e. The molecule has 0 aromatic heterocycles. The average molecular weight is 220 g/mol. The summed E-state index contributed by atoms with van der Waals surface area (Å²) in [5.74, 6) is -0.278. The van der Waals surface area contributed by atoms with Gasteiger partial charge in [0.05, 0.1) is 5.41 Å². The van der Waals surface area contributed by atoms with Gasteiger partial charge < -0.3 is 10.6 Å². The summed E-state index contributed by atoms with van der Waals surface area (Å²) in [5, 5.41) is 6.04. The molecule has 2 N–H and O–H groups in total. The molecule has 84 valence electrons. The van der Waals surface area contributed by atoms with Gasteiger partial charge in [-0.05, 0) is 43.6 Å². The molecule has 3 nitrogen and oxygen atoms in total. The number of carbonyl (C=O) groups excluding carboxylic acids is 1. The zero-order chi connectivity index (χ0) is 11.2. The van der Waals surface area contributed by atoms with Crippen LogP contribution in [0.1, 0.15) is 18.4 Å². The van der Waals surface area contributed by atoms with Crippen LogP contribution in [0.5, 0.6) is 0 Å².